The molecule has 0 unspecified atom stereocenters. The van der Waals surface area contributed by atoms with E-state index in [1.807, 2.05) is 0 Å². The molecule has 8 nitrogen and oxygen atoms in total. The number of aryl methyl sites for hydroxylation is 1. The third-order valence-electron chi connectivity index (χ3n) is 1.62. The predicted octanol–water partition coefficient (Wildman–Crippen LogP) is 0.00870. The van der Waals surface area contributed by atoms with Crippen molar-refractivity contribution in [3.05, 3.63) is 22.7 Å². The number of azide groups is 1. The Balaban J connectivity index is 2.68. The van der Waals surface area contributed by atoms with Crippen molar-refractivity contribution >= 4 is 10.0 Å². The van der Waals surface area contributed by atoms with E-state index in [0.717, 1.165) is 0 Å². The highest BCUT2D eigenvalue weighted by Gasteiger charge is 2.16. The fourth-order valence-corrected chi connectivity index (χ4v) is 2.12. The molecule has 1 heterocycles. The summed E-state index contributed by atoms with van der Waals surface area (Å²) in [5.74, 6) is 0. The molecule has 0 bridgehead atoms. The van der Waals surface area contributed by atoms with Crippen LogP contribution >= 0.6 is 0 Å². The molecule has 0 amide bonds. The van der Waals surface area contributed by atoms with Gasteiger partial charge in [-0.1, -0.05) is 5.11 Å². The van der Waals surface area contributed by atoms with Crippen molar-refractivity contribution in [2.24, 2.45) is 12.2 Å². The Morgan fingerprint density at radius 1 is 1.73 bits per heavy atom. The van der Waals surface area contributed by atoms with E-state index >= 15 is 0 Å². The van der Waals surface area contributed by atoms with E-state index in [-0.39, 0.29) is 18.1 Å². The maximum atomic E-state index is 11.6. The van der Waals surface area contributed by atoms with Gasteiger partial charge in [0.25, 0.3) is 10.0 Å². The summed E-state index contributed by atoms with van der Waals surface area (Å²) < 4.78 is 26.7. The predicted molar refractivity (Wildman–Crippen MR) is 52.4 cm³/mol. The average Bonchev–Trinajstić information content (AvgIpc) is 2.60. The molecule has 82 valence electrons. The third-order valence-corrected chi connectivity index (χ3v) is 3.15. The summed E-state index contributed by atoms with van der Waals surface area (Å²) >= 11 is 0. The van der Waals surface area contributed by atoms with Crippen LogP contribution in [0.2, 0.25) is 0 Å². The first-order chi connectivity index (χ1) is 7.08. The summed E-state index contributed by atoms with van der Waals surface area (Å²) in [5, 5.41) is 7.03. The van der Waals surface area contributed by atoms with Gasteiger partial charge in [-0.3, -0.25) is 4.68 Å². The SMILES string of the molecule is Cn1nccc1S(=O)(=O)NCCN=[N+]=[N-]. The van der Waals surface area contributed by atoms with Crippen molar-refractivity contribution in [2.45, 2.75) is 5.03 Å². The topological polar surface area (TPSA) is 113 Å². The highest BCUT2D eigenvalue weighted by molar-refractivity contribution is 7.89. The van der Waals surface area contributed by atoms with E-state index in [0.29, 0.717) is 0 Å². The van der Waals surface area contributed by atoms with Crippen molar-refractivity contribution in [3.8, 4) is 0 Å². The minimum atomic E-state index is -3.56. The summed E-state index contributed by atoms with van der Waals surface area (Å²) in [6, 6.07) is 1.38. The van der Waals surface area contributed by atoms with Gasteiger partial charge >= 0.3 is 0 Å². The maximum absolute atomic E-state index is 11.6. The van der Waals surface area contributed by atoms with E-state index in [4.69, 9.17) is 5.53 Å². The Morgan fingerprint density at radius 2 is 2.47 bits per heavy atom. The minimum Gasteiger partial charge on any atom is -0.256 e. The molecule has 0 saturated carbocycles. The molecule has 9 heteroatoms. The van der Waals surface area contributed by atoms with Gasteiger partial charge in [-0.15, -0.1) is 0 Å². The van der Waals surface area contributed by atoms with Crippen LogP contribution in [0.15, 0.2) is 22.4 Å². The first-order valence-electron chi connectivity index (χ1n) is 4.06. The quantitative estimate of drug-likeness (QED) is 0.332. The summed E-state index contributed by atoms with van der Waals surface area (Å²) in [4.78, 5) is 2.51. The van der Waals surface area contributed by atoms with Crippen LogP contribution in [-0.4, -0.2) is 31.3 Å². The Kier molecular flexibility index (Phi) is 3.67. The molecule has 0 aliphatic heterocycles. The van der Waals surface area contributed by atoms with Crippen molar-refractivity contribution in [3.63, 3.8) is 0 Å². The normalized spacial score (nSPS) is 11.0. The Morgan fingerprint density at radius 3 is 3.00 bits per heavy atom. The molecular weight excluding hydrogens is 220 g/mol. The van der Waals surface area contributed by atoms with Crippen molar-refractivity contribution < 1.29 is 8.42 Å². The van der Waals surface area contributed by atoms with E-state index < -0.39 is 10.0 Å². The van der Waals surface area contributed by atoms with E-state index in [1.165, 1.54) is 24.0 Å². The minimum absolute atomic E-state index is 0.0670. The second-order valence-electron chi connectivity index (χ2n) is 2.65. The summed E-state index contributed by atoms with van der Waals surface area (Å²) in [6.45, 7) is 0.144. The van der Waals surface area contributed by atoms with Gasteiger partial charge in [0.2, 0.25) is 0 Å². The zero-order valence-corrected chi connectivity index (χ0v) is 8.85. The third kappa shape index (κ3) is 2.94. The lowest BCUT2D eigenvalue weighted by molar-refractivity contribution is 0.563. The number of nitrogens with zero attached hydrogens (tertiary/aromatic N) is 5. The number of hydrogen-bond donors (Lipinski definition) is 1. The Bertz CT molecular complexity index is 472. The van der Waals surface area contributed by atoms with Crippen LogP contribution in [0.3, 0.4) is 0 Å². The van der Waals surface area contributed by atoms with E-state index in [2.05, 4.69) is 19.8 Å². The second kappa shape index (κ2) is 4.78. The first kappa shape index (κ1) is 11.5. The van der Waals surface area contributed by atoms with Crippen LogP contribution in [0.1, 0.15) is 0 Å². The Hall–Kier alpha value is -1.57. The van der Waals surface area contributed by atoms with Gasteiger partial charge in [0.15, 0.2) is 5.03 Å². The van der Waals surface area contributed by atoms with Gasteiger partial charge in [0.05, 0.1) is 6.20 Å². The maximum Gasteiger partial charge on any atom is 0.257 e. The smallest absolute Gasteiger partial charge is 0.256 e. The monoisotopic (exact) mass is 230 g/mol. The Labute approximate surface area is 86.6 Å². The molecule has 0 atom stereocenters. The fraction of sp³-hybridized carbons (Fsp3) is 0.500. The lowest BCUT2D eigenvalue weighted by Crippen LogP contribution is -2.27. The van der Waals surface area contributed by atoms with Gasteiger partial charge in [0, 0.05) is 25.0 Å². The molecule has 0 radical (unpaired) electrons. The van der Waals surface area contributed by atoms with Crippen LogP contribution in [0, 0.1) is 0 Å². The van der Waals surface area contributed by atoms with Gasteiger partial charge in [-0.25, -0.2) is 13.1 Å². The van der Waals surface area contributed by atoms with E-state index in [9.17, 15) is 8.42 Å². The fourth-order valence-electron chi connectivity index (χ4n) is 0.974. The molecular formula is C6H10N6O2S. The van der Waals surface area contributed by atoms with Gasteiger partial charge in [-0.2, -0.15) is 5.10 Å². The van der Waals surface area contributed by atoms with Gasteiger partial charge in [-0.05, 0) is 11.6 Å². The number of nitrogens with one attached hydrogen (secondary N) is 1. The molecule has 1 aromatic rings. The van der Waals surface area contributed by atoms with Crippen LogP contribution in [-0.2, 0) is 17.1 Å². The zero-order chi connectivity index (χ0) is 11.3. The number of sulfonamides is 1. The number of aromatic nitrogens is 2. The summed E-state index contributed by atoms with van der Waals surface area (Å²) in [5.41, 5.74) is 7.99. The first-order valence-corrected chi connectivity index (χ1v) is 5.55. The standard InChI is InChI=1S/C6H10N6O2S/c1-12-6(2-3-9-12)15(13,14)10-5-4-8-11-7/h2-3,10H,4-5H2,1H3. The van der Waals surface area contributed by atoms with Crippen molar-refractivity contribution in [1.82, 2.24) is 14.5 Å². The van der Waals surface area contributed by atoms with Crippen LogP contribution in [0.25, 0.3) is 10.4 Å². The molecule has 0 aromatic carbocycles. The van der Waals surface area contributed by atoms with Crippen LogP contribution in [0.5, 0.6) is 0 Å². The van der Waals surface area contributed by atoms with E-state index in [1.54, 1.807) is 0 Å². The van der Waals surface area contributed by atoms with Gasteiger partial charge < -0.3 is 0 Å². The molecule has 0 aliphatic carbocycles. The summed E-state index contributed by atoms with van der Waals surface area (Å²) in [7, 11) is -2.03. The molecule has 15 heavy (non-hydrogen) atoms. The van der Waals surface area contributed by atoms with Crippen LogP contribution < -0.4 is 4.72 Å². The highest BCUT2D eigenvalue weighted by atomic mass is 32.2. The lowest BCUT2D eigenvalue weighted by Gasteiger charge is -2.04. The number of hydrogen-bond acceptors (Lipinski definition) is 4. The van der Waals surface area contributed by atoms with Crippen molar-refractivity contribution in [2.75, 3.05) is 13.1 Å². The molecule has 1 aromatic heterocycles. The van der Waals surface area contributed by atoms with Crippen LogP contribution in [0.4, 0.5) is 0 Å². The number of rotatable bonds is 5. The second-order valence-corrected chi connectivity index (χ2v) is 4.36. The lowest BCUT2D eigenvalue weighted by atomic mass is 10.7. The molecule has 0 saturated heterocycles. The molecule has 1 N–H and O–H groups in total. The molecule has 1 rings (SSSR count). The van der Waals surface area contributed by atoms with Gasteiger partial charge in [0.1, 0.15) is 0 Å². The largest absolute Gasteiger partial charge is 0.257 e. The van der Waals surface area contributed by atoms with Crippen molar-refractivity contribution in [1.29, 1.82) is 0 Å². The average molecular weight is 230 g/mol. The molecule has 0 aliphatic rings. The summed E-state index contributed by atoms with van der Waals surface area (Å²) in [6.07, 6.45) is 1.39. The molecule has 0 spiro atoms. The zero-order valence-electron chi connectivity index (χ0n) is 8.03. The highest BCUT2D eigenvalue weighted by Crippen LogP contribution is 2.04. The molecule has 0 fully saturated rings.